The van der Waals surface area contributed by atoms with Crippen LogP contribution >= 0.6 is 11.8 Å². The van der Waals surface area contributed by atoms with Crippen molar-refractivity contribution in [2.75, 3.05) is 5.75 Å². The lowest BCUT2D eigenvalue weighted by Gasteiger charge is -2.01. The quantitative estimate of drug-likeness (QED) is 0.845. The smallest absolute Gasteiger partial charge is 0.358 e. The predicted molar refractivity (Wildman–Crippen MR) is 72.3 cm³/mol. The standard InChI is InChI=1S/C14H13NO3S/c16-14(17)12-7-13(18-15-12)10-3-5-11(6-4-10)19-8-9-1-2-9/h3-7,9H,1-2,8H2,(H,16,17). The number of aromatic carboxylic acids is 1. The van der Waals surface area contributed by atoms with Crippen LogP contribution in [0.25, 0.3) is 11.3 Å². The first-order chi connectivity index (χ1) is 9.22. The molecule has 98 valence electrons. The van der Waals surface area contributed by atoms with Crippen LogP contribution in [0, 0.1) is 5.92 Å². The third-order valence-electron chi connectivity index (χ3n) is 3.05. The number of benzene rings is 1. The van der Waals surface area contributed by atoms with Crippen molar-refractivity contribution in [3.05, 3.63) is 36.0 Å². The zero-order chi connectivity index (χ0) is 13.2. The van der Waals surface area contributed by atoms with Crippen LogP contribution < -0.4 is 0 Å². The van der Waals surface area contributed by atoms with Gasteiger partial charge in [-0.2, -0.15) is 0 Å². The molecular weight excluding hydrogens is 262 g/mol. The number of rotatable bonds is 5. The maximum atomic E-state index is 10.7. The van der Waals surface area contributed by atoms with Crippen molar-refractivity contribution in [1.82, 2.24) is 5.16 Å². The molecule has 0 aliphatic heterocycles. The number of carbonyl (C=O) groups is 1. The van der Waals surface area contributed by atoms with Gasteiger partial charge in [-0.3, -0.25) is 0 Å². The maximum Gasteiger partial charge on any atom is 0.358 e. The van der Waals surface area contributed by atoms with E-state index in [1.165, 1.54) is 29.6 Å². The van der Waals surface area contributed by atoms with Gasteiger partial charge in [-0.25, -0.2) is 4.79 Å². The molecule has 0 bridgehead atoms. The van der Waals surface area contributed by atoms with Crippen LogP contribution in [0.5, 0.6) is 0 Å². The number of hydrogen-bond acceptors (Lipinski definition) is 4. The molecule has 1 heterocycles. The highest BCUT2D eigenvalue weighted by atomic mass is 32.2. The molecule has 0 amide bonds. The fourth-order valence-electron chi connectivity index (χ4n) is 1.73. The Labute approximate surface area is 114 Å². The summed E-state index contributed by atoms with van der Waals surface area (Å²) in [6.07, 6.45) is 2.72. The molecule has 0 spiro atoms. The first-order valence-electron chi connectivity index (χ1n) is 6.15. The molecule has 0 unspecified atom stereocenters. The fourth-order valence-corrected chi connectivity index (χ4v) is 2.82. The first-order valence-corrected chi connectivity index (χ1v) is 7.14. The van der Waals surface area contributed by atoms with Crippen LogP contribution in [-0.2, 0) is 0 Å². The fraction of sp³-hybridized carbons (Fsp3) is 0.286. The highest BCUT2D eigenvalue weighted by Gasteiger charge is 2.21. The van der Waals surface area contributed by atoms with Crippen LogP contribution in [0.2, 0.25) is 0 Å². The van der Waals surface area contributed by atoms with Crippen molar-refractivity contribution in [1.29, 1.82) is 0 Å². The average Bonchev–Trinajstić information content (AvgIpc) is 3.11. The van der Waals surface area contributed by atoms with Gasteiger partial charge in [-0.05, 0) is 30.9 Å². The molecule has 0 atom stereocenters. The van der Waals surface area contributed by atoms with Crippen molar-refractivity contribution < 1.29 is 14.4 Å². The summed E-state index contributed by atoms with van der Waals surface area (Å²) in [6, 6.07) is 9.37. The number of hydrogen-bond donors (Lipinski definition) is 1. The topological polar surface area (TPSA) is 63.3 Å². The van der Waals surface area contributed by atoms with E-state index >= 15 is 0 Å². The molecule has 4 nitrogen and oxygen atoms in total. The Hall–Kier alpha value is -1.75. The van der Waals surface area contributed by atoms with Gasteiger partial charge in [0.25, 0.3) is 0 Å². The Bertz CT molecular complexity index is 587. The molecule has 1 aliphatic carbocycles. The number of carboxylic acid groups (broad SMARTS) is 1. The Morgan fingerprint density at radius 1 is 1.37 bits per heavy atom. The Morgan fingerprint density at radius 3 is 2.68 bits per heavy atom. The van der Waals surface area contributed by atoms with Crippen molar-refractivity contribution in [3.63, 3.8) is 0 Å². The van der Waals surface area contributed by atoms with E-state index < -0.39 is 5.97 Å². The molecule has 1 aromatic carbocycles. The Morgan fingerprint density at radius 2 is 2.11 bits per heavy atom. The Balaban J connectivity index is 1.71. The van der Waals surface area contributed by atoms with Crippen LogP contribution in [-0.4, -0.2) is 22.0 Å². The maximum absolute atomic E-state index is 10.7. The Kier molecular flexibility index (Phi) is 3.29. The van der Waals surface area contributed by atoms with Crippen molar-refractivity contribution in [3.8, 4) is 11.3 Å². The lowest BCUT2D eigenvalue weighted by molar-refractivity contribution is 0.0686. The summed E-state index contributed by atoms with van der Waals surface area (Å²) in [6.45, 7) is 0. The lowest BCUT2D eigenvalue weighted by Crippen LogP contribution is -1.94. The van der Waals surface area contributed by atoms with Crippen molar-refractivity contribution in [2.24, 2.45) is 5.92 Å². The number of carboxylic acids is 1. The van der Waals surface area contributed by atoms with Gasteiger partial charge >= 0.3 is 5.97 Å². The minimum absolute atomic E-state index is 0.0674. The average molecular weight is 275 g/mol. The van der Waals surface area contributed by atoms with Crippen molar-refractivity contribution in [2.45, 2.75) is 17.7 Å². The highest BCUT2D eigenvalue weighted by molar-refractivity contribution is 7.99. The number of nitrogens with zero attached hydrogens (tertiary/aromatic N) is 1. The normalized spacial score (nSPS) is 14.5. The van der Waals surface area contributed by atoms with Gasteiger partial charge in [0.1, 0.15) is 0 Å². The molecule has 1 aliphatic rings. The molecule has 1 saturated carbocycles. The number of aromatic nitrogens is 1. The van der Waals surface area contributed by atoms with E-state index in [2.05, 4.69) is 5.16 Å². The summed E-state index contributed by atoms with van der Waals surface area (Å²) in [5, 5.41) is 12.3. The molecule has 0 saturated heterocycles. The van der Waals surface area contributed by atoms with E-state index in [-0.39, 0.29) is 5.69 Å². The third-order valence-corrected chi connectivity index (χ3v) is 4.29. The van der Waals surface area contributed by atoms with E-state index in [1.54, 1.807) is 0 Å². The minimum atomic E-state index is -1.08. The number of thioether (sulfide) groups is 1. The summed E-state index contributed by atoms with van der Waals surface area (Å²) in [5.41, 5.74) is 0.776. The summed E-state index contributed by atoms with van der Waals surface area (Å²) in [7, 11) is 0. The molecule has 0 radical (unpaired) electrons. The second-order valence-electron chi connectivity index (χ2n) is 4.66. The van der Waals surface area contributed by atoms with Gasteiger partial charge in [0.2, 0.25) is 0 Å². The van der Waals surface area contributed by atoms with E-state index in [9.17, 15) is 4.79 Å². The molecular formula is C14H13NO3S. The molecule has 2 aromatic rings. The van der Waals surface area contributed by atoms with E-state index in [1.807, 2.05) is 36.0 Å². The zero-order valence-electron chi connectivity index (χ0n) is 10.2. The van der Waals surface area contributed by atoms with Gasteiger partial charge in [-0.1, -0.05) is 17.3 Å². The molecule has 19 heavy (non-hydrogen) atoms. The van der Waals surface area contributed by atoms with Crippen LogP contribution in [0.15, 0.2) is 39.8 Å². The summed E-state index contributed by atoms with van der Waals surface area (Å²) >= 11 is 1.86. The lowest BCUT2D eigenvalue weighted by atomic mass is 10.1. The summed E-state index contributed by atoms with van der Waals surface area (Å²) in [5.74, 6) is 1.49. The first kappa shape index (κ1) is 12.3. The van der Waals surface area contributed by atoms with E-state index in [0.717, 1.165) is 11.5 Å². The summed E-state index contributed by atoms with van der Waals surface area (Å²) in [4.78, 5) is 12.0. The predicted octanol–water partition coefficient (Wildman–Crippen LogP) is 3.54. The highest BCUT2D eigenvalue weighted by Crippen LogP contribution is 2.35. The van der Waals surface area contributed by atoms with Gasteiger partial charge in [0.15, 0.2) is 11.5 Å². The van der Waals surface area contributed by atoms with Crippen LogP contribution in [0.3, 0.4) is 0 Å². The minimum Gasteiger partial charge on any atom is -0.476 e. The van der Waals surface area contributed by atoms with Gasteiger partial charge in [0.05, 0.1) is 0 Å². The van der Waals surface area contributed by atoms with Crippen LogP contribution in [0.1, 0.15) is 23.3 Å². The largest absolute Gasteiger partial charge is 0.476 e. The summed E-state index contributed by atoms with van der Waals surface area (Å²) < 4.78 is 5.02. The van der Waals surface area contributed by atoms with Gasteiger partial charge in [-0.15, -0.1) is 11.8 Å². The van der Waals surface area contributed by atoms with Gasteiger partial charge < -0.3 is 9.63 Å². The molecule has 1 N–H and O–H groups in total. The monoisotopic (exact) mass is 275 g/mol. The second-order valence-corrected chi connectivity index (χ2v) is 5.75. The molecule has 5 heteroatoms. The van der Waals surface area contributed by atoms with Gasteiger partial charge in [0, 0.05) is 22.3 Å². The third kappa shape index (κ3) is 2.98. The molecule has 1 aromatic heterocycles. The molecule has 1 fully saturated rings. The SMILES string of the molecule is O=C(O)c1cc(-c2ccc(SCC3CC3)cc2)on1. The van der Waals surface area contributed by atoms with Crippen LogP contribution in [0.4, 0.5) is 0 Å². The second kappa shape index (κ2) is 5.09. The molecule has 3 rings (SSSR count). The zero-order valence-corrected chi connectivity index (χ0v) is 11.0. The van der Waals surface area contributed by atoms with E-state index in [0.29, 0.717) is 5.76 Å². The van der Waals surface area contributed by atoms with E-state index in [4.69, 9.17) is 9.63 Å². The van der Waals surface area contributed by atoms with Crippen molar-refractivity contribution >= 4 is 17.7 Å².